The molecule has 23 heavy (non-hydrogen) atoms. The first-order valence-electron chi connectivity index (χ1n) is 7.63. The first kappa shape index (κ1) is 14.2. The highest BCUT2D eigenvalue weighted by Gasteiger charge is 2.40. The fourth-order valence-electron chi connectivity index (χ4n) is 3.27. The summed E-state index contributed by atoms with van der Waals surface area (Å²) in [6, 6.07) is 6.60. The summed E-state index contributed by atoms with van der Waals surface area (Å²) in [6.07, 6.45) is 4.49. The van der Waals surface area contributed by atoms with E-state index < -0.39 is 5.82 Å². The molecule has 2 aliphatic heterocycles. The van der Waals surface area contributed by atoms with Gasteiger partial charge in [0, 0.05) is 24.2 Å². The Bertz CT molecular complexity index is 733. The topological polar surface area (TPSA) is 76.4 Å². The lowest BCUT2D eigenvalue weighted by Gasteiger charge is -2.20. The van der Waals surface area contributed by atoms with Crippen LogP contribution in [0.3, 0.4) is 0 Å². The molecule has 3 atom stereocenters. The van der Waals surface area contributed by atoms with Crippen molar-refractivity contribution < 1.29 is 18.3 Å². The fourth-order valence-corrected chi connectivity index (χ4v) is 3.27. The van der Waals surface area contributed by atoms with Gasteiger partial charge in [-0.1, -0.05) is 6.07 Å². The number of hydrogen-bond acceptors (Lipinski definition) is 5. The number of halogens is 1. The van der Waals surface area contributed by atoms with E-state index in [0.717, 1.165) is 12.8 Å². The van der Waals surface area contributed by atoms with Crippen LogP contribution < -0.4 is 15.4 Å². The standard InChI is InChI=1S/C16H16FN3O3/c17-9-2-1-3-11(6-9)22-14-8-18-16(23-14)15(21)20-13-7-10-4-5-12(13)19-10/h1-3,6,8,10,12-13,19H,4-5,7H2,(H,20,21)/t10-,12+,13-/m1/s1. The molecule has 0 saturated carbocycles. The zero-order chi connectivity index (χ0) is 15.8. The maximum Gasteiger partial charge on any atom is 0.311 e. The zero-order valence-electron chi connectivity index (χ0n) is 12.3. The van der Waals surface area contributed by atoms with E-state index in [9.17, 15) is 9.18 Å². The summed E-state index contributed by atoms with van der Waals surface area (Å²) in [6.45, 7) is 0. The van der Waals surface area contributed by atoms with Crippen molar-refractivity contribution in [1.82, 2.24) is 15.6 Å². The average Bonchev–Trinajstić information content (AvgIpc) is 3.23. The smallest absolute Gasteiger partial charge is 0.311 e. The Morgan fingerprint density at radius 3 is 3.09 bits per heavy atom. The number of nitrogens with one attached hydrogen (secondary N) is 2. The molecule has 0 radical (unpaired) electrons. The van der Waals surface area contributed by atoms with Gasteiger partial charge in [-0.25, -0.2) is 9.37 Å². The largest absolute Gasteiger partial charge is 0.425 e. The van der Waals surface area contributed by atoms with Gasteiger partial charge in [0.15, 0.2) is 0 Å². The van der Waals surface area contributed by atoms with Gasteiger partial charge in [0.2, 0.25) is 0 Å². The predicted molar refractivity (Wildman–Crippen MR) is 78.8 cm³/mol. The summed E-state index contributed by atoms with van der Waals surface area (Å²) in [5.41, 5.74) is 0. The SMILES string of the molecule is O=C(N[C@@H]1C[C@H]2CC[C@@H]1N2)c1ncc(Oc2cccc(F)c2)o1. The Hall–Kier alpha value is -2.41. The molecule has 0 unspecified atom stereocenters. The number of oxazole rings is 1. The average molecular weight is 317 g/mol. The minimum absolute atomic E-state index is 0.0480. The number of amides is 1. The first-order chi connectivity index (χ1) is 11.2. The Kier molecular flexibility index (Phi) is 3.49. The predicted octanol–water partition coefficient (Wildman–Crippen LogP) is 2.23. The van der Waals surface area contributed by atoms with Gasteiger partial charge in [-0.15, -0.1) is 0 Å². The van der Waals surface area contributed by atoms with Crippen LogP contribution in [0.15, 0.2) is 34.9 Å². The summed E-state index contributed by atoms with van der Waals surface area (Å²) in [7, 11) is 0. The molecule has 2 bridgehead atoms. The van der Waals surface area contributed by atoms with E-state index in [0.29, 0.717) is 12.1 Å². The van der Waals surface area contributed by atoms with E-state index in [1.807, 2.05) is 0 Å². The summed E-state index contributed by atoms with van der Waals surface area (Å²) >= 11 is 0. The van der Waals surface area contributed by atoms with Crippen LogP contribution in [0.5, 0.6) is 11.7 Å². The molecule has 2 N–H and O–H groups in total. The minimum atomic E-state index is -0.413. The number of hydrogen-bond donors (Lipinski definition) is 2. The Morgan fingerprint density at radius 2 is 2.35 bits per heavy atom. The van der Waals surface area contributed by atoms with Crippen molar-refractivity contribution in [1.29, 1.82) is 0 Å². The molecule has 120 valence electrons. The highest BCUT2D eigenvalue weighted by Crippen LogP contribution is 2.28. The second-order valence-corrected chi connectivity index (χ2v) is 5.91. The molecule has 4 rings (SSSR count). The maximum atomic E-state index is 13.1. The van der Waals surface area contributed by atoms with Gasteiger partial charge in [-0.3, -0.25) is 4.79 Å². The molecule has 2 fully saturated rings. The lowest BCUT2D eigenvalue weighted by Crippen LogP contribution is -2.43. The number of carbonyl (C=O) groups excluding carboxylic acids is 1. The maximum absolute atomic E-state index is 13.1. The molecule has 1 aromatic heterocycles. The van der Waals surface area contributed by atoms with Crippen LogP contribution in [0.4, 0.5) is 4.39 Å². The fraction of sp³-hybridized carbons (Fsp3) is 0.375. The van der Waals surface area contributed by atoms with Crippen LogP contribution in [0.1, 0.15) is 29.9 Å². The summed E-state index contributed by atoms with van der Waals surface area (Å²) in [5.74, 6) is -0.501. The van der Waals surface area contributed by atoms with E-state index in [-0.39, 0.29) is 29.5 Å². The minimum Gasteiger partial charge on any atom is -0.425 e. The van der Waals surface area contributed by atoms with Gasteiger partial charge >= 0.3 is 11.9 Å². The summed E-state index contributed by atoms with van der Waals surface area (Å²) in [4.78, 5) is 16.1. The summed E-state index contributed by atoms with van der Waals surface area (Å²) in [5, 5.41) is 6.39. The second kappa shape index (κ2) is 5.66. The van der Waals surface area contributed by atoms with Gasteiger partial charge in [0.1, 0.15) is 17.8 Å². The molecule has 6 nitrogen and oxygen atoms in total. The third kappa shape index (κ3) is 2.92. The quantitative estimate of drug-likeness (QED) is 0.904. The van der Waals surface area contributed by atoms with E-state index in [4.69, 9.17) is 9.15 Å². The van der Waals surface area contributed by atoms with Crippen LogP contribution in [0.2, 0.25) is 0 Å². The second-order valence-electron chi connectivity index (χ2n) is 5.91. The van der Waals surface area contributed by atoms with Crippen LogP contribution in [-0.2, 0) is 0 Å². The van der Waals surface area contributed by atoms with Gasteiger partial charge in [0.25, 0.3) is 5.89 Å². The van der Waals surface area contributed by atoms with Crippen molar-refractivity contribution in [2.45, 2.75) is 37.4 Å². The Balaban J connectivity index is 1.40. The number of ether oxygens (including phenoxy) is 1. The van der Waals surface area contributed by atoms with Gasteiger partial charge in [-0.05, 0) is 31.4 Å². The van der Waals surface area contributed by atoms with Crippen molar-refractivity contribution in [2.24, 2.45) is 0 Å². The number of fused-ring (bicyclic) bond motifs is 2. The van der Waals surface area contributed by atoms with Crippen molar-refractivity contribution in [3.05, 3.63) is 42.2 Å². The molecule has 7 heteroatoms. The molecule has 2 saturated heterocycles. The van der Waals surface area contributed by atoms with Crippen molar-refractivity contribution >= 4 is 5.91 Å². The Morgan fingerprint density at radius 1 is 1.43 bits per heavy atom. The van der Waals surface area contributed by atoms with Crippen LogP contribution >= 0.6 is 0 Å². The van der Waals surface area contributed by atoms with Crippen molar-refractivity contribution in [3.63, 3.8) is 0 Å². The normalized spacial score (nSPS) is 25.5. The van der Waals surface area contributed by atoms with Gasteiger partial charge in [0.05, 0.1) is 0 Å². The lowest BCUT2D eigenvalue weighted by molar-refractivity contribution is 0.0890. The molecule has 0 spiro atoms. The van der Waals surface area contributed by atoms with E-state index >= 15 is 0 Å². The molecule has 0 aliphatic carbocycles. The Labute approximate surface area is 132 Å². The third-order valence-corrected chi connectivity index (χ3v) is 4.31. The molecule has 2 aliphatic rings. The highest BCUT2D eigenvalue weighted by atomic mass is 19.1. The highest BCUT2D eigenvalue weighted by molar-refractivity contribution is 5.90. The molecule has 2 aromatic rings. The molecule has 1 aromatic carbocycles. The number of carbonyl (C=O) groups is 1. The number of nitrogens with zero attached hydrogens (tertiary/aromatic N) is 1. The number of benzene rings is 1. The van der Waals surface area contributed by atoms with Crippen LogP contribution in [0, 0.1) is 5.82 Å². The van der Waals surface area contributed by atoms with Gasteiger partial charge < -0.3 is 19.8 Å². The monoisotopic (exact) mass is 317 g/mol. The van der Waals surface area contributed by atoms with Gasteiger partial charge in [-0.2, -0.15) is 0 Å². The molecular weight excluding hydrogens is 301 g/mol. The van der Waals surface area contributed by atoms with Crippen molar-refractivity contribution in [2.75, 3.05) is 0 Å². The van der Waals surface area contributed by atoms with Crippen LogP contribution in [-0.4, -0.2) is 29.0 Å². The van der Waals surface area contributed by atoms with Crippen molar-refractivity contribution in [3.8, 4) is 11.7 Å². The van der Waals surface area contributed by atoms with E-state index in [2.05, 4.69) is 15.6 Å². The van der Waals surface area contributed by atoms with E-state index in [1.54, 1.807) is 6.07 Å². The molecular formula is C16H16FN3O3. The van der Waals surface area contributed by atoms with E-state index in [1.165, 1.54) is 30.8 Å². The number of aromatic nitrogens is 1. The molecule has 1 amide bonds. The number of rotatable bonds is 4. The first-order valence-corrected chi connectivity index (χ1v) is 7.63. The molecule has 3 heterocycles. The zero-order valence-corrected chi connectivity index (χ0v) is 12.3. The summed E-state index contributed by atoms with van der Waals surface area (Å²) < 4.78 is 23.7. The third-order valence-electron chi connectivity index (χ3n) is 4.31. The van der Waals surface area contributed by atoms with Crippen LogP contribution in [0.25, 0.3) is 0 Å². The lowest BCUT2D eigenvalue weighted by atomic mass is 9.95.